The Morgan fingerprint density at radius 1 is 1.00 bits per heavy atom. The molecule has 0 aromatic carbocycles. The summed E-state index contributed by atoms with van der Waals surface area (Å²) in [4.78, 5) is 0. The standard InChI is InChI=1S/C9H15NO3.ClH/c11-7-4-3-6(8(12)9(7)13)10-5-1-2-5;/h3-13H,1-2H2;1H/t6-,7+,8+,9+;/m0./s1. The summed E-state index contributed by atoms with van der Waals surface area (Å²) in [5.74, 6) is 0. The Labute approximate surface area is 89.0 Å². The van der Waals surface area contributed by atoms with Gasteiger partial charge in [-0.3, -0.25) is 0 Å². The zero-order valence-electron chi connectivity index (χ0n) is 7.71. The van der Waals surface area contributed by atoms with Gasteiger partial charge in [-0.05, 0) is 12.8 Å². The van der Waals surface area contributed by atoms with Crippen LogP contribution in [0.25, 0.3) is 0 Å². The molecule has 0 radical (unpaired) electrons. The van der Waals surface area contributed by atoms with Crippen LogP contribution in [0.4, 0.5) is 0 Å². The number of rotatable bonds is 2. The fourth-order valence-corrected chi connectivity index (χ4v) is 1.55. The summed E-state index contributed by atoms with van der Waals surface area (Å²) < 4.78 is 0. The van der Waals surface area contributed by atoms with Crippen molar-refractivity contribution in [1.82, 2.24) is 5.32 Å². The third-order valence-corrected chi connectivity index (χ3v) is 2.59. The maximum Gasteiger partial charge on any atom is 0.111 e. The van der Waals surface area contributed by atoms with Crippen LogP contribution in [0.3, 0.4) is 0 Å². The molecule has 2 aliphatic rings. The van der Waals surface area contributed by atoms with E-state index in [9.17, 15) is 15.3 Å². The number of hydrogen-bond donors (Lipinski definition) is 4. The van der Waals surface area contributed by atoms with Gasteiger partial charge >= 0.3 is 0 Å². The van der Waals surface area contributed by atoms with E-state index >= 15 is 0 Å². The van der Waals surface area contributed by atoms with Gasteiger partial charge in [0.25, 0.3) is 0 Å². The Morgan fingerprint density at radius 2 is 1.64 bits per heavy atom. The van der Waals surface area contributed by atoms with Crippen LogP contribution in [0.1, 0.15) is 12.8 Å². The monoisotopic (exact) mass is 221 g/mol. The van der Waals surface area contributed by atoms with Gasteiger partial charge in [0.1, 0.15) is 18.3 Å². The van der Waals surface area contributed by atoms with Crippen molar-refractivity contribution in [2.24, 2.45) is 0 Å². The van der Waals surface area contributed by atoms with Crippen LogP contribution >= 0.6 is 12.4 Å². The molecule has 0 saturated heterocycles. The number of aliphatic hydroxyl groups excluding tert-OH is 3. The molecule has 0 aromatic heterocycles. The minimum atomic E-state index is -1.07. The van der Waals surface area contributed by atoms with Gasteiger partial charge in [0.15, 0.2) is 0 Å². The molecule has 82 valence electrons. The predicted octanol–water partition coefficient (Wildman–Crippen LogP) is -0.819. The molecule has 1 saturated carbocycles. The van der Waals surface area contributed by atoms with Crippen LogP contribution < -0.4 is 5.32 Å². The van der Waals surface area contributed by atoms with Crippen LogP contribution in [0.5, 0.6) is 0 Å². The van der Waals surface area contributed by atoms with Gasteiger partial charge in [-0.25, -0.2) is 0 Å². The average Bonchev–Trinajstić information content (AvgIpc) is 2.90. The minimum absolute atomic E-state index is 0. The van der Waals surface area contributed by atoms with Gasteiger partial charge in [0, 0.05) is 6.04 Å². The molecule has 4 nitrogen and oxygen atoms in total. The lowest BCUT2D eigenvalue weighted by Gasteiger charge is -2.31. The molecule has 0 aliphatic heterocycles. The summed E-state index contributed by atoms with van der Waals surface area (Å²) in [5, 5.41) is 31.3. The van der Waals surface area contributed by atoms with Crippen molar-refractivity contribution in [2.75, 3.05) is 0 Å². The van der Waals surface area contributed by atoms with Crippen LogP contribution in [0, 0.1) is 0 Å². The summed E-state index contributed by atoms with van der Waals surface area (Å²) in [6, 6.07) is 0.262. The summed E-state index contributed by atoms with van der Waals surface area (Å²) >= 11 is 0. The zero-order chi connectivity index (χ0) is 9.42. The minimum Gasteiger partial charge on any atom is -0.388 e. The molecular weight excluding hydrogens is 206 g/mol. The zero-order valence-corrected chi connectivity index (χ0v) is 8.52. The van der Waals surface area contributed by atoms with Crippen molar-refractivity contribution >= 4 is 12.4 Å². The molecule has 0 bridgehead atoms. The van der Waals surface area contributed by atoms with Gasteiger partial charge in [-0.2, -0.15) is 0 Å². The molecule has 2 aliphatic carbocycles. The van der Waals surface area contributed by atoms with Gasteiger partial charge in [-0.15, -0.1) is 12.4 Å². The van der Waals surface area contributed by atoms with E-state index in [1.54, 1.807) is 6.08 Å². The first-order valence-electron chi connectivity index (χ1n) is 4.67. The third-order valence-electron chi connectivity index (χ3n) is 2.59. The van der Waals surface area contributed by atoms with Gasteiger partial charge < -0.3 is 20.6 Å². The van der Waals surface area contributed by atoms with Crippen LogP contribution in [-0.2, 0) is 0 Å². The molecule has 0 amide bonds. The molecule has 5 heteroatoms. The molecule has 4 atom stereocenters. The summed E-state index contributed by atoms with van der Waals surface area (Å²) in [7, 11) is 0. The lowest BCUT2D eigenvalue weighted by Crippen LogP contribution is -2.52. The Bertz CT molecular complexity index is 220. The van der Waals surface area contributed by atoms with E-state index in [-0.39, 0.29) is 18.4 Å². The quantitative estimate of drug-likeness (QED) is 0.460. The molecule has 0 unspecified atom stereocenters. The van der Waals surface area contributed by atoms with Gasteiger partial charge in [0.05, 0.1) is 6.04 Å². The average molecular weight is 222 g/mol. The fourth-order valence-electron chi connectivity index (χ4n) is 1.55. The molecule has 0 aromatic rings. The normalized spacial score (nSPS) is 41.9. The largest absolute Gasteiger partial charge is 0.388 e. The molecule has 0 spiro atoms. The van der Waals surface area contributed by atoms with Crippen molar-refractivity contribution in [1.29, 1.82) is 0 Å². The molecule has 14 heavy (non-hydrogen) atoms. The predicted molar refractivity (Wildman–Crippen MR) is 54.4 cm³/mol. The van der Waals surface area contributed by atoms with Crippen molar-refractivity contribution in [3.8, 4) is 0 Å². The highest BCUT2D eigenvalue weighted by Gasteiger charge is 2.35. The van der Waals surface area contributed by atoms with E-state index in [4.69, 9.17) is 0 Å². The molecule has 2 rings (SSSR count). The highest BCUT2D eigenvalue weighted by Crippen LogP contribution is 2.22. The van der Waals surface area contributed by atoms with Crippen molar-refractivity contribution in [3.63, 3.8) is 0 Å². The Kier molecular flexibility index (Phi) is 3.92. The van der Waals surface area contributed by atoms with Crippen molar-refractivity contribution in [2.45, 2.75) is 43.2 Å². The van der Waals surface area contributed by atoms with Crippen molar-refractivity contribution < 1.29 is 15.3 Å². The van der Waals surface area contributed by atoms with Gasteiger partial charge in [-0.1, -0.05) is 12.2 Å². The molecule has 4 N–H and O–H groups in total. The second kappa shape index (κ2) is 4.59. The number of hydrogen-bond acceptors (Lipinski definition) is 4. The fraction of sp³-hybridized carbons (Fsp3) is 0.778. The number of aliphatic hydroxyl groups is 3. The smallest absolute Gasteiger partial charge is 0.111 e. The Hall–Kier alpha value is -0.130. The van der Waals surface area contributed by atoms with E-state index in [2.05, 4.69) is 5.32 Å². The van der Waals surface area contributed by atoms with Gasteiger partial charge in [0.2, 0.25) is 0 Å². The summed E-state index contributed by atoms with van der Waals surface area (Å²) in [6.07, 6.45) is 2.61. The van der Waals surface area contributed by atoms with Crippen LogP contribution in [0.2, 0.25) is 0 Å². The lowest BCUT2D eigenvalue weighted by molar-refractivity contribution is -0.0567. The first-order chi connectivity index (χ1) is 6.18. The van der Waals surface area contributed by atoms with Crippen molar-refractivity contribution in [3.05, 3.63) is 12.2 Å². The Balaban J connectivity index is 0.000000980. The first-order valence-corrected chi connectivity index (χ1v) is 4.67. The maximum atomic E-state index is 9.56. The second-order valence-corrected chi connectivity index (χ2v) is 3.82. The van der Waals surface area contributed by atoms with E-state index in [0.717, 1.165) is 12.8 Å². The maximum absolute atomic E-state index is 9.56. The highest BCUT2D eigenvalue weighted by molar-refractivity contribution is 5.85. The van der Waals surface area contributed by atoms with Crippen LogP contribution in [-0.4, -0.2) is 45.7 Å². The van der Waals surface area contributed by atoms with Crippen LogP contribution in [0.15, 0.2) is 12.2 Å². The summed E-state index contributed by atoms with van der Waals surface area (Å²) in [6.45, 7) is 0. The lowest BCUT2D eigenvalue weighted by atomic mass is 9.94. The van der Waals surface area contributed by atoms with E-state index in [0.29, 0.717) is 6.04 Å². The molecule has 1 fully saturated rings. The first kappa shape index (κ1) is 11.9. The molecule has 0 heterocycles. The highest BCUT2D eigenvalue weighted by atomic mass is 35.5. The summed E-state index contributed by atoms with van der Waals surface area (Å²) in [5.41, 5.74) is 0. The van der Waals surface area contributed by atoms with E-state index in [1.165, 1.54) is 6.08 Å². The number of nitrogens with one attached hydrogen (secondary N) is 1. The Morgan fingerprint density at radius 3 is 2.21 bits per heavy atom. The van der Waals surface area contributed by atoms with E-state index in [1.807, 2.05) is 0 Å². The third kappa shape index (κ3) is 2.46. The topological polar surface area (TPSA) is 72.7 Å². The SMILES string of the molecule is Cl.O[C@H]1[C@H](O)[C@@H](NC2CC2)C=C[C@H]1O. The molecular formula is C9H16ClNO3. The second-order valence-electron chi connectivity index (χ2n) is 3.82. The van der Waals surface area contributed by atoms with E-state index < -0.39 is 18.3 Å². The number of halogens is 1.